The minimum absolute atomic E-state index is 0. The molecule has 3 radical (unpaired) electrons. The maximum atomic E-state index is 0. The smallest absolute Gasteiger partial charge is 2.00 e. The summed E-state index contributed by atoms with van der Waals surface area (Å²) < 4.78 is 0. The summed E-state index contributed by atoms with van der Waals surface area (Å²) in [5.74, 6) is 0. The van der Waals surface area contributed by atoms with Crippen molar-refractivity contribution < 1.29 is 78.9 Å². The molecule has 0 aromatic heterocycles. The topological polar surface area (TPSA) is 114 Å². The Bertz CT molecular complexity index is 11.7. The molecule has 0 atom stereocenters. The molecule has 0 N–H and O–H groups in total. The van der Waals surface area contributed by atoms with Crippen LogP contribution >= 0.6 is 0 Å². The summed E-state index contributed by atoms with van der Waals surface area (Å²) in [5, 5.41) is 0. The molecule has 0 aliphatic rings. The molecule has 0 unspecified atom stereocenters. The van der Waals surface area contributed by atoms with Gasteiger partial charge in [0.15, 0.2) is 0 Å². The van der Waals surface area contributed by atoms with Crippen LogP contribution in [0.5, 0.6) is 0 Å². The molecule has 0 bridgehead atoms. The van der Waals surface area contributed by atoms with Crippen LogP contribution in [0.2, 0.25) is 0 Å². The zero-order valence-electron chi connectivity index (χ0n) is 2.79. The molecule has 0 aliphatic heterocycles. The van der Waals surface area contributed by atoms with Gasteiger partial charge in [-0.3, -0.25) is 0 Å². The van der Waals surface area contributed by atoms with Crippen molar-refractivity contribution in [3.05, 3.63) is 0 Å². The first-order valence-electron chi connectivity index (χ1n) is 0. The molecule has 0 aliphatic carbocycles. The maximum absolute atomic E-state index is 0. The second kappa shape index (κ2) is 74.4. The van der Waals surface area contributed by atoms with E-state index in [1.165, 1.54) is 0 Å². The molecule has 0 amide bonds. The van der Waals surface area contributed by atoms with Gasteiger partial charge >= 0.3 is 83.2 Å². The summed E-state index contributed by atoms with van der Waals surface area (Å²) in [7, 11) is 0. The largest absolute Gasteiger partial charge is 3.00 e. The van der Waals surface area contributed by atoms with Gasteiger partial charge in [0.2, 0.25) is 0 Å². The molecule has 0 rings (SSSR count). The van der Waals surface area contributed by atoms with Crippen LogP contribution in [0.15, 0.2) is 0 Å². The standard InChI is InChI=1S/Bi.Fe.Gd.4O/q+3;+2;+3;4*-2. The predicted molar refractivity (Wildman–Crippen MR) is 8.50 cm³/mol. The van der Waals surface area contributed by atoms with Crippen molar-refractivity contribution in [2.24, 2.45) is 0 Å². The van der Waals surface area contributed by atoms with E-state index in [2.05, 4.69) is 0 Å². The summed E-state index contributed by atoms with van der Waals surface area (Å²) in [6.07, 6.45) is 0. The van der Waals surface area contributed by atoms with Gasteiger partial charge < -0.3 is 21.9 Å². The Kier molecular flexibility index (Phi) is 1130. The van der Waals surface area contributed by atoms with Crippen LogP contribution in [0.4, 0.5) is 0 Å². The fraction of sp³-hybridized carbons (Fsp3) is 0. The molecule has 4 nitrogen and oxygen atoms in total. The Hall–Kier alpha value is 2.57. The molecule has 0 heterocycles. The van der Waals surface area contributed by atoms with Gasteiger partial charge in [-0.05, 0) is 0 Å². The summed E-state index contributed by atoms with van der Waals surface area (Å²) in [6.45, 7) is 0. The fourth-order valence-corrected chi connectivity index (χ4v) is 0. The van der Waals surface area contributed by atoms with Crippen LogP contribution in [0.25, 0.3) is 0 Å². The van der Waals surface area contributed by atoms with Crippen LogP contribution in [-0.4, -0.2) is 26.2 Å². The van der Waals surface area contributed by atoms with Crippen molar-refractivity contribution in [3.63, 3.8) is 0 Å². The molecule has 0 aromatic carbocycles. The first-order chi connectivity index (χ1) is 0. The van der Waals surface area contributed by atoms with Gasteiger partial charge in [-0.2, -0.15) is 0 Å². The van der Waals surface area contributed by atoms with E-state index in [0.717, 1.165) is 0 Å². The van der Waals surface area contributed by atoms with Crippen molar-refractivity contribution in [1.82, 2.24) is 0 Å². The zero-order chi connectivity index (χ0) is 0. The normalized spacial score (nSPS) is 0. The number of rotatable bonds is 0. The Morgan fingerprint density at radius 2 is 0.571 bits per heavy atom. The van der Waals surface area contributed by atoms with Crippen molar-refractivity contribution in [2.45, 2.75) is 0 Å². The molecule has 0 aromatic rings. The SMILES string of the molecule is [Bi+3].[Fe+2].[Gd+3].[O-2].[O-2].[O-2].[O-2]. The van der Waals surface area contributed by atoms with E-state index in [0.29, 0.717) is 0 Å². The first kappa shape index (κ1) is 107. The summed E-state index contributed by atoms with van der Waals surface area (Å²) in [6, 6.07) is 0. The molecule has 0 spiro atoms. The minimum atomic E-state index is 0. The molecule has 45 valence electrons. The fourth-order valence-electron chi connectivity index (χ4n) is 0. The molecule has 0 fully saturated rings. The van der Waals surface area contributed by atoms with Gasteiger partial charge in [0.1, 0.15) is 0 Å². The molecule has 0 saturated heterocycles. The third kappa shape index (κ3) is 56.1. The van der Waals surface area contributed by atoms with Crippen LogP contribution in [0, 0.1) is 39.9 Å². The number of hydrogen-bond donors (Lipinski definition) is 0. The van der Waals surface area contributed by atoms with Gasteiger partial charge in [0, 0.05) is 0 Å². The first-order valence-corrected chi connectivity index (χ1v) is 0. The van der Waals surface area contributed by atoms with E-state index in [1.54, 1.807) is 0 Å². The summed E-state index contributed by atoms with van der Waals surface area (Å²) in [4.78, 5) is 0. The summed E-state index contributed by atoms with van der Waals surface area (Å²) in [5.41, 5.74) is 0. The van der Waals surface area contributed by atoms with E-state index in [9.17, 15) is 0 Å². The van der Waals surface area contributed by atoms with Gasteiger partial charge in [0.25, 0.3) is 0 Å². The van der Waals surface area contributed by atoms with Crippen LogP contribution < -0.4 is 0 Å². The van der Waals surface area contributed by atoms with E-state index < -0.39 is 0 Å². The van der Waals surface area contributed by atoms with E-state index >= 15 is 0 Å². The van der Waals surface area contributed by atoms with Crippen LogP contribution in [-0.2, 0) is 39.0 Å². The van der Waals surface area contributed by atoms with Crippen molar-refractivity contribution in [3.8, 4) is 0 Å². The van der Waals surface area contributed by atoms with Gasteiger partial charge in [-0.1, -0.05) is 0 Å². The Morgan fingerprint density at radius 1 is 0.571 bits per heavy atom. The molecule has 7 heteroatoms. The summed E-state index contributed by atoms with van der Waals surface area (Å²) >= 11 is 0. The monoisotopic (exact) mass is 487 g/mol. The van der Waals surface area contributed by atoms with E-state index in [4.69, 9.17) is 0 Å². The third-order valence-electron chi connectivity index (χ3n) is 0. The Balaban J connectivity index is 0. The quantitative estimate of drug-likeness (QED) is 0.397. The van der Waals surface area contributed by atoms with Crippen molar-refractivity contribution >= 4 is 26.2 Å². The maximum Gasteiger partial charge on any atom is 3.00 e. The molecular weight excluding hydrogens is 486 g/mol. The van der Waals surface area contributed by atoms with Crippen molar-refractivity contribution in [2.75, 3.05) is 0 Å². The predicted octanol–water partition coefficient (Wildman–Crippen LogP) is -0.859. The van der Waals surface area contributed by atoms with Crippen molar-refractivity contribution in [1.29, 1.82) is 0 Å². The Morgan fingerprint density at radius 3 is 0.571 bits per heavy atom. The number of hydrogen-bond acceptors (Lipinski definition) is 0. The zero-order valence-corrected chi connectivity index (χ0v) is 9.64. The Labute approximate surface area is 103 Å². The third-order valence-corrected chi connectivity index (χ3v) is 0. The van der Waals surface area contributed by atoms with Gasteiger partial charge in [-0.15, -0.1) is 0 Å². The second-order valence-electron chi connectivity index (χ2n) is 0. The van der Waals surface area contributed by atoms with E-state index in [-0.39, 0.29) is 105 Å². The average Bonchev–Trinajstić information content (AvgIpc) is 0. The van der Waals surface area contributed by atoms with Gasteiger partial charge in [-0.25, -0.2) is 0 Å². The van der Waals surface area contributed by atoms with Crippen LogP contribution in [0.3, 0.4) is 0 Å². The second-order valence-corrected chi connectivity index (χ2v) is 0. The average molecular weight is 486 g/mol. The van der Waals surface area contributed by atoms with Crippen LogP contribution in [0.1, 0.15) is 0 Å². The molecular formula is BiFeGdO4. The van der Waals surface area contributed by atoms with Gasteiger partial charge in [0.05, 0.1) is 0 Å². The molecule has 0 saturated carbocycles. The molecule has 7 heavy (non-hydrogen) atoms. The van der Waals surface area contributed by atoms with E-state index in [1.807, 2.05) is 0 Å². The minimum Gasteiger partial charge on any atom is -2.00 e.